The number of ether oxygens (including phenoxy) is 2. The van der Waals surface area contributed by atoms with Gasteiger partial charge in [0.05, 0.1) is 12.2 Å². The molecule has 0 aliphatic rings. The van der Waals surface area contributed by atoms with Crippen LogP contribution in [0.4, 0.5) is 13.2 Å². The van der Waals surface area contributed by atoms with E-state index in [-0.39, 0.29) is 11.5 Å². The minimum Gasteiger partial charge on any atom is -0.491 e. The van der Waals surface area contributed by atoms with Crippen molar-refractivity contribution in [3.8, 4) is 11.5 Å². The van der Waals surface area contributed by atoms with Crippen LogP contribution < -0.4 is 8.92 Å². The Hall–Kier alpha value is -2.26. The average molecular weight is 376 g/mol. The van der Waals surface area contributed by atoms with E-state index in [2.05, 4.69) is 4.18 Å². The van der Waals surface area contributed by atoms with E-state index in [0.29, 0.717) is 12.4 Å². The molecule has 136 valence electrons. The van der Waals surface area contributed by atoms with Gasteiger partial charge in [0, 0.05) is 7.11 Å². The molecule has 25 heavy (non-hydrogen) atoms. The van der Waals surface area contributed by atoms with Gasteiger partial charge in [-0.25, -0.2) is 0 Å². The van der Waals surface area contributed by atoms with Gasteiger partial charge in [-0.15, -0.1) is 0 Å². The van der Waals surface area contributed by atoms with Gasteiger partial charge in [-0.3, -0.25) is 0 Å². The smallest absolute Gasteiger partial charge is 0.420 e. The Morgan fingerprint density at radius 1 is 0.960 bits per heavy atom. The summed E-state index contributed by atoms with van der Waals surface area (Å²) in [4.78, 5) is -0.288. The van der Waals surface area contributed by atoms with Crippen molar-refractivity contribution in [3.63, 3.8) is 0 Å². The standard InChI is InChI=1S/C16H15F3O5S/c1-22-10-11-23-12-6-8-13(9-7-12)25(20,21)24-15-5-3-2-4-14(15)16(17,18)19/h2-9H,10-11H2,1H3. The molecule has 0 radical (unpaired) electrons. The van der Waals surface area contributed by atoms with E-state index in [1.807, 2.05) is 0 Å². The lowest BCUT2D eigenvalue weighted by Gasteiger charge is -2.13. The van der Waals surface area contributed by atoms with Crippen LogP contribution >= 0.6 is 0 Å². The molecular weight excluding hydrogens is 361 g/mol. The molecule has 0 spiro atoms. The Balaban J connectivity index is 2.20. The van der Waals surface area contributed by atoms with Crippen LogP contribution in [0.3, 0.4) is 0 Å². The normalized spacial score (nSPS) is 12.0. The molecule has 0 saturated heterocycles. The summed E-state index contributed by atoms with van der Waals surface area (Å²) in [5.41, 5.74) is -1.17. The van der Waals surface area contributed by atoms with Crippen LogP contribution in [0.5, 0.6) is 11.5 Å². The maximum atomic E-state index is 12.9. The number of rotatable bonds is 7. The lowest BCUT2D eigenvalue weighted by atomic mass is 10.2. The lowest BCUT2D eigenvalue weighted by molar-refractivity contribution is -0.138. The van der Waals surface area contributed by atoms with E-state index in [9.17, 15) is 21.6 Å². The molecule has 0 atom stereocenters. The number of alkyl halides is 3. The fourth-order valence-electron chi connectivity index (χ4n) is 1.89. The molecule has 0 aliphatic carbocycles. The summed E-state index contributed by atoms with van der Waals surface area (Å²) < 4.78 is 78.0. The summed E-state index contributed by atoms with van der Waals surface area (Å²) in [6, 6.07) is 9.23. The summed E-state index contributed by atoms with van der Waals surface area (Å²) in [5, 5.41) is 0. The highest BCUT2D eigenvalue weighted by atomic mass is 32.2. The summed E-state index contributed by atoms with van der Waals surface area (Å²) in [5.74, 6) is -0.387. The molecule has 0 bridgehead atoms. The maximum absolute atomic E-state index is 12.9. The number of para-hydroxylation sites is 1. The van der Waals surface area contributed by atoms with Crippen molar-refractivity contribution in [2.45, 2.75) is 11.1 Å². The number of benzene rings is 2. The van der Waals surface area contributed by atoms with Crippen LogP contribution in [-0.4, -0.2) is 28.7 Å². The van der Waals surface area contributed by atoms with Crippen LogP contribution in [0.1, 0.15) is 5.56 Å². The Morgan fingerprint density at radius 3 is 2.20 bits per heavy atom. The Labute approximate surface area is 143 Å². The van der Waals surface area contributed by atoms with Gasteiger partial charge in [-0.1, -0.05) is 12.1 Å². The highest BCUT2D eigenvalue weighted by Gasteiger charge is 2.35. The van der Waals surface area contributed by atoms with Gasteiger partial charge in [0.15, 0.2) is 5.75 Å². The third-order valence-electron chi connectivity index (χ3n) is 3.06. The minimum atomic E-state index is -4.73. The van der Waals surface area contributed by atoms with E-state index < -0.39 is 27.6 Å². The van der Waals surface area contributed by atoms with Crippen LogP contribution in [0.25, 0.3) is 0 Å². The molecule has 2 aromatic carbocycles. The van der Waals surface area contributed by atoms with Gasteiger partial charge in [-0.05, 0) is 36.4 Å². The molecule has 0 aromatic heterocycles. The Bertz CT molecular complexity index is 801. The zero-order valence-electron chi connectivity index (χ0n) is 13.1. The Morgan fingerprint density at radius 2 is 1.60 bits per heavy atom. The summed E-state index contributed by atoms with van der Waals surface area (Å²) >= 11 is 0. The molecule has 0 fully saturated rings. The first-order valence-corrected chi connectivity index (χ1v) is 8.47. The van der Waals surface area contributed by atoms with E-state index in [1.165, 1.54) is 37.4 Å². The fourth-order valence-corrected chi connectivity index (χ4v) is 2.83. The minimum absolute atomic E-state index is 0.276. The second kappa shape index (κ2) is 7.75. The summed E-state index contributed by atoms with van der Waals surface area (Å²) in [6.07, 6.45) is -4.73. The van der Waals surface area contributed by atoms with Crippen LogP contribution in [0, 0.1) is 0 Å². The van der Waals surface area contributed by atoms with Gasteiger partial charge >= 0.3 is 16.3 Å². The first kappa shape index (κ1) is 19.1. The molecule has 9 heteroatoms. The van der Waals surface area contributed by atoms with Crippen molar-refractivity contribution in [1.29, 1.82) is 0 Å². The molecular formula is C16H15F3O5S. The van der Waals surface area contributed by atoms with Crippen molar-refractivity contribution >= 4 is 10.1 Å². The number of hydrogen-bond acceptors (Lipinski definition) is 5. The van der Waals surface area contributed by atoms with Gasteiger partial charge in [0.2, 0.25) is 0 Å². The van der Waals surface area contributed by atoms with E-state index in [1.54, 1.807) is 0 Å². The molecule has 0 N–H and O–H groups in total. The van der Waals surface area contributed by atoms with Gasteiger partial charge in [0.1, 0.15) is 17.3 Å². The van der Waals surface area contributed by atoms with E-state index >= 15 is 0 Å². The SMILES string of the molecule is COCCOc1ccc(S(=O)(=O)Oc2ccccc2C(F)(F)F)cc1. The van der Waals surface area contributed by atoms with Crippen molar-refractivity contribution in [2.24, 2.45) is 0 Å². The van der Waals surface area contributed by atoms with Crippen molar-refractivity contribution < 1.29 is 35.2 Å². The molecule has 0 saturated carbocycles. The molecule has 2 rings (SSSR count). The maximum Gasteiger partial charge on any atom is 0.420 e. The lowest BCUT2D eigenvalue weighted by Crippen LogP contribution is -2.14. The van der Waals surface area contributed by atoms with Crippen LogP contribution in [0.2, 0.25) is 0 Å². The van der Waals surface area contributed by atoms with Crippen LogP contribution in [-0.2, 0) is 21.0 Å². The first-order chi connectivity index (χ1) is 11.7. The molecule has 0 amide bonds. The zero-order chi connectivity index (χ0) is 18.5. The number of halogens is 3. The van der Waals surface area contributed by atoms with Crippen LogP contribution in [0.15, 0.2) is 53.4 Å². The van der Waals surface area contributed by atoms with Crippen molar-refractivity contribution in [1.82, 2.24) is 0 Å². The third kappa shape index (κ3) is 5.10. The summed E-state index contributed by atoms with van der Waals surface area (Å²) in [6.45, 7) is 0.634. The van der Waals surface area contributed by atoms with Crippen molar-refractivity contribution in [3.05, 3.63) is 54.1 Å². The van der Waals surface area contributed by atoms with Gasteiger partial charge < -0.3 is 13.7 Å². The molecule has 0 aliphatic heterocycles. The highest BCUT2D eigenvalue weighted by Crippen LogP contribution is 2.37. The first-order valence-electron chi connectivity index (χ1n) is 7.06. The number of methoxy groups -OCH3 is 1. The van der Waals surface area contributed by atoms with E-state index in [0.717, 1.165) is 18.2 Å². The number of hydrogen-bond donors (Lipinski definition) is 0. The predicted octanol–water partition coefficient (Wildman–Crippen LogP) is 3.50. The van der Waals surface area contributed by atoms with Gasteiger partial charge in [0.25, 0.3) is 0 Å². The second-order valence-corrected chi connectivity index (χ2v) is 6.39. The molecule has 0 unspecified atom stereocenters. The topological polar surface area (TPSA) is 61.8 Å². The Kier molecular flexibility index (Phi) is 5.91. The summed E-state index contributed by atoms with van der Waals surface area (Å²) in [7, 11) is -2.91. The van der Waals surface area contributed by atoms with E-state index in [4.69, 9.17) is 9.47 Å². The second-order valence-electron chi connectivity index (χ2n) is 4.84. The zero-order valence-corrected chi connectivity index (χ0v) is 13.9. The molecule has 2 aromatic rings. The highest BCUT2D eigenvalue weighted by molar-refractivity contribution is 7.87. The molecule has 0 heterocycles. The quantitative estimate of drug-likeness (QED) is 0.547. The largest absolute Gasteiger partial charge is 0.491 e. The monoisotopic (exact) mass is 376 g/mol. The fraction of sp³-hybridized carbons (Fsp3) is 0.250. The predicted molar refractivity (Wildman–Crippen MR) is 83.1 cm³/mol. The third-order valence-corrected chi connectivity index (χ3v) is 4.31. The average Bonchev–Trinajstić information content (AvgIpc) is 2.55. The van der Waals surface area contributed by atoms with Crippen molar-refractivity contribution in [2.75, 3.05) is 20.3 Å². The molecule has 5 nitrogen and oxygen atoms in total. The van der Waals surface area contributed by atoms with Gasteiger partial charge in [-0.2, -0.15) is 21.6 Å².